The van der Waals surface area contributed by atoms with Crippen molar-refractivity contribution in [3.8, 4) is 0 Å². The molecule has 0 unspecified atom stereocenters. The molecule has 0 aromatic heterocycles. The van der Waals surface area contributed by atoms with Crippen molar-refractivity contribution in [2.45, 2.75) is 20.8 Å². The Bertz CT molecular complexity index is 791. The maximum absolute atomic E-state index is 13.4. The molecule has 0 saturated carbocycles. The number of carbonyl (C=O) groups is 2. The third-order valence-corrected chi connectivity index (χ3v) is 3.78. The summed E-state index contributed by atoms with van der Waals surface area (Å²) in [5, 5.41) is 2.73. The molecule has 2 aromatic carbocycles. The number of hydrogen-bond donors (Lipinski definition) is 1. The molecule has 2 amide bonds. The highest BCUT2D eigenvalue weighted by Crippen LogP contribution is 2.20. The Hall–Kier alpha value is -2.76. The van der Waals surface area contributed by atoms with Gasteiger partial charge >= 0.3 is 0 Å². The minimum Gasteiger partial charge on any atom is -0.324 e. The largest absolute Gasteiger partial charge is 0.324 e. The molecule has 0 fully saturated rings. The second kappa shape index (κ2) is 7.21. The molecule has 1 N–H and O–H groups in total. The summed E-state index contributed by atoms with van der Waals surface area (Å²) in [6.45, 7) is 4.76. The third-order valence-electron chi connectivity index (χ3n) is 3.78. The average Bonchev–Trinajstić information content (AvgIpc) is 2.52. The lowest BCUT2D eigenvalue weighted by molar-refractivity contribution is -0.120. The second-order valence-corrected chi connectivity index (χ2v) is 5.50. The van der Waals surface area contributed by atoms with Gasteiger partial charge in [-0.25, -0.2) is 8.78 Å². The summed E-state index contributed by atoms with van der Waals surface area (Å²) in [6.07, 6.45) is 0. The van der Waals surface area contributed by atoms with Crippen LogP contribution in [0.4, 0.5) is 20.2 Å². The van der Waals surface area contributed by atoms with Crippen LogP contribution in [0.1, 0.15) is 18.1 Å². The van der Waals surface area contributed by atoms with E-state index in [0.717, 1.165) is 28.2 Å². The molecule has 0 heterocycles. The number of nitrogens with zero attached hydrogens (tertiary/aromatic N) is 1. The summed E-state index contributed by atoms with van der Waals surface area (Å²) >= 11 is 0. The normalized spacial score (nSPS) is 10.4. The van der Waals surface area contributed by atoms with Gasteiger partial charge in [-0.1, -0.05) is 12.1 Å². The van der Waals surface area contributed by atoms with Crippen molar-refractivity contribution in [2.75, 3.05) is 16.8 Å². The van der Waals surface area contributed by atoms with Crippen LogP contribution in [-0.2, 0) is 9.59 Å². The van der Waals surface area contributed by atoms with E-state index in [4.69, 9.17) is 0 Å². The number of hydrogen-bond acceptors (Lipinski definition) is 2. The number of amides is 2. The van der Waals surface area contributed by atoms with Crippen LogP contribution >= 0.6 is 0 Å². The summed E-state index contributed by atoms with van der Waals surface area (Å²) < 4.78 is 26.4. The summed E-state index contributed by atoms with van der Waals surface area (Å²) in [6, 6.07) is 8.57. The molecule has 0 saturated heterocycles. The van der Waals surface area contributed by atoms with E-state index in [1.165, 1.54) is 13.0 Å². The smallest absolute Gasteiger partial charge is 0.244 e. The van der Waals surface area contributed by atoms with E-state index in [-0.39, 0.29) is 12.2 Å². The van der Waals surface area contributed by atoms with E-state index in [0.29, 0.717) is 5.69 Å². The topological polar surface area (TPSA) is 49.4 Å². The van der Waals surface area contributed by atoms with Gasteiger partial charge in [-0.05, 0) is 43.2 Å². The van der Waals surface area contributed by atoms with Crippen molar-refractivity contribution in [3.05, 3.63) is 59.2 Å². The Morgan fingerprint density at radius 1 is 1.08 bits per heavy atom. The molecule has 0 aliphatic rings. The highest BCUT2D eigenvalue weighted by molar-refractivity contribution is 6.02. The molecule has 2 rings (SSSR count). The van der Waals surface area contributed by atoms with Crippen LogP contribution in [0.25, 0.3) is 0 Å². The zero-order valence-corrected chi connectivity index (χ0v) is 13.7. The second-order valence-electron chi connectivity index (χ2n) is 5.50. The van der Waals surface area contributed by atoms with Gasteiger partial charge in [0.05, 0.1) is 0 Å². The van der Waals surface area contributed by atoms with Gasteiger partial charge in [0.1, 0.15) is 6.54 Å². The molecule has 0 aliphatic carbocycles. The van der Waals surface area contributed by atoms with Crippen LogP contribution < -0.4 is 10.2 Å². The summed E-state index contributed by atoms with van der Waals surface area (Å²) in [7, 11) is 0. The number of carbonyl (C=O) groups excluding carboxylic acids is 2. The molecule has 6 heteroatoms. The Kier molecular flexibility index (Phi) is 5.28. The van der Waals surface area contributed by atoms with E-state index in [1.807, 2.05) is 26.0 Å². The van der Waals surface area contributed by atoms with Gasteiger partial charge in [0.25, 0.3) is 0 Å². The van der Waals surface area contributed by atoms with Gasteiger partial charge in [-0.3, -0.25) is 9.59 Å². The van der Waals surface area contributed by atoms with Crippen LogP contribution in [-0.4, -0.2) is 18.4 Å². The molecule has 24 heavy (non-hydrogen) atoms. The third kappa shape index (κ3) is 3.95. The molecular formula is C18H18F2N2O2. The zero-order valence-electron chi connectivity index (χ0n) is 13.7. The maximum atomic E-state index is 13.4. The van der Waals surface area contributed by atoms with Crippen molar-refractivity contribution in [3.63, 3.8) is 0 Å². The molecule has 0 aliphatic heterocycles. The van der Waals surface area contributed by atoms with E-state index >= 15 is 0 Å². The highest BCUT2D eigenvalue weighted by atomic mass is 19.2. The van der Waals surface area contributed by atoms with Gasteiger partial charge < -0.3 is 10.2 Å². The van der Waals surface area contributed by atoms with Crippen LogP contribution in [0.5, 0.6) is 0 Å². The summed E-state index contributed by atoms with van der Waals surface area (Å²) in [5.41, 5.74) is 2.72. The van der Waals surface area contributed by atoms with Crippen molar-refractivity contribution in [1.29, 1.82) is 0 Å². The average molecular weight is 332 g/mol. The SMILES string of the molecule is CC(=O)N(CC(=O)Nc1cccc(C)c1C)c1ccc(F)c(F)c1. The van der Waals surface area contributed by atoms with Crippen LogP contribution in [0.15, 0.2) is 36.4 Å². The Balaban J connectivity index is 2.18. The first-order chi connectivity index (χ1) is 11.3. The maximum Gasteiger partial charge on any atom is 0.244 e. The first kappa shape index (κ1) is 17.6. The number of anilines is 2. The van der Waals surface area contributed by atoms with Crippen molar-refractivity contribution in [2.24, 2.45) is 0 Å². The fourth-order valence-corrected chi connectivity index (χ4v) is 2.26. The first-order valence-corrected chi connectivity index (χ1v) is 7.39. The molecule has 2 aromatic rings. The van der Waals surface area contributed by atoms with Gasteiger partial charge in [0.2, 0.25) is 11.8 Å². The molecule has 4 nitrogen and oxygen atoms in total. The lowest BCUT2D eigenvalue weighted by Crippen LogP contribution is -2.36. The number of benzene rings is 2. The van der Waals surface area contributed by atoms with Gasteiger partial charge in [0.15, 0.2) is 11.6 Å². The van der Waals surface area contributed by atoms with Crippen LogP contribution in [0, 0.1) is 25.5 Å². The quantitative estimate of drug-likeness (QED) is 0.930. The molecule has 0 spiro atoms. The number of rotatable bonds is 4. The Morgan fingerprint density at radius 2 is 1.79 bits per heavy atom. The lowest BCUT2D eigenvalue weighted by atomic mass is 10.1. The summed E-state index contributed by atoms with van der Waals surface area (Å²) in [5.74, 6) is -2.96. The molecule has 0 bridgehead atoms. The lowest BCUT2D eigenvalue weighted by Gasteiger charge is -2.21. The fourth-order valence-electron chi connectivity index (χ4n) is 2.26. The fraction of sp³-hybridized carbons (Fsp3) is 0.222. The first-order valence-electron chi connectivity index (χ1n) is 7.39. The zero-order chi connectivity index (χ0) is 17.9. The van der Waals surface area contributed by atoms with Crippen molar-refractivity contribution < 1.29 is 18.4 Å². The van der Waals surface area contributed by atoms with Gasteiger partial charge in [-0.15, -0.1) is 0 Å². The monoisotopic (exact) mass is 332 g/mol. The minimum absolute atomic E-state index is 0.123. The standard InChI is InChI=1S/C18H18F2N2O2/c1-11-5-4-6-17(12(11)2)21-18(24)10-22(13(3)23)14-7-8-15(19)16(20)9-14/h4-9H,10H2,1-3H3,(H,21,24). The van der Waals surface area contributed by atoms with Crippen molar-refractivity contribution >= 4 is 23.2 Å². The molecule has 0 radical (unpaired) electrons. The molecular weight excluding hydrogens is 314 g/mol. The van der Waals surface area contributed by atoms with E-state index < -0.39 is 23.4 Å². The minimum atomic E-state index is -1.08. The predicted molar refractivity (Wildman–Crippen MR) is 88.9 cm³/mol. The van der Waals surface area contributed by atoms with Crippen LogP contribution in [0.2, 0.25) is 0 Å². The number of halogens is 2. The van der Waals surface area contributed by atoms with E-state index in [2.05, 4.69) is 5.32 Å². The predicted octanol–water partition coefficient (Wildman–Crippen LogP) is 3.57. The van der Waals surface area contributed by atoms with E-state index in [9.17, 15) is 18.4 Å². The summed E-state index contributed by atoms with van der Waals surface area (Å²) in [4.78, 5) is 25.1. The number of nitrogens with one attached hydrogen (secondary N) is 1. The Labute approximate surface area is 139 Å². The molecule has 126 valence electrons. The van der Waals surface area contributed by atoms with Gasteiger partial charge in [-0.2, -0.15) is 0 Å². The van der Waals surface area contributed by atoms with Crippen molar-refractivity contribution in [1.82, 2.24) is 0 Å². The number of aryl methyl sites for hydroxylation is 1. The van der Waals surface area contributed by atoms with Crippen LogP contribution in [0.3, 0.4) is 0 Å². The molecule has 0 atom stereocenters. The van der Waals surface area contributed by atoms with Gasteiger partial charge in [0, 0.05) is 24.4 Å². The highest BCUT2D eigenvalue weighted by Gasteiger charge is 2.18. The Morgan fingerprint density at radius 3 is 2.42 bits per heavy atom. The van der Waals surface area contributed by atoms with E-state index in [1.54, 1.807) is 6.07 Å².